The molecule has 1 saturated heterocycles. The van der Waals surface area contributed by atoms with Gasteiger partial charge in [0, 0.05) is 0 Å². The van der Waals surface area contributed by atoms with Crippen LogP contribution in [0.25, 0.3) is 0 Å². The van der Waals surface area contributed by atoms with Crippen molar-refractivity contribution in [2.45, 2.75) is 89.5 Å². The molecule has 14 nitrogen and oxygen atoms in total. The van der Waals surface area contributed by atoms with Crippen molar-refractivity contribution in [1.82, 2.24) is 20.9 Å². The Morgan fingerprint density at radius 1 is 1.00 bits per heavy atom. The maximum atomic E-state index is 13.6. The van der Waals surface area contributed by atoms with Crippen molar-refractivity contribution in [3.63, 3.8) is 0 Å². The molecule has 0 spiro atoms. The van der Waals surface area contributed by atoms with Crippen LogP contribution in [0, 0.1) is 5.92 Å². The average molecular weight is 681 g/mol. The number of amides is 4. The summed E-state index contributed by atoms with van der Waals surface area (Å²) in [5, 5.41) is 17.7. The summed E-state index contributed by atoms with van der Waals surface area (Å²) in [7, 11) is 0. The van der Waals surface area contributed by atoms with Gasteiger partial charge in [-0.05, 0) is 30.0 Å². The van der Waals surface area contributed by atoms with Crippen LogP contribution in [0.2, 0.25) is 0 Å². The molecule has 1 radical (unpaired) electrons. The quantitative estimate of drug-likeness (QED) is 0.0466. The molecule has 1 aromatic rings. The molecule has 1 fully saturated rings. The van der Waals surface area contributed by atoms with E-state index in [9.17, 15) is 29.1 Å². The number of carbonyl (C=O) groups is 5. The van der Waals surface area contributed by atoms with E-state index in [0.29, 0.717) is 37.8 Å². The first-order valence-electron chi connectivity index (χ1n) is 14.7. The van der Waals surface area contributed by atoms with Crippen molar-refractivity contribution in [3.05, 3.63) is 29.8 Å². The Morgan fingerprint density at radius 2 is 1.61 bits per heavy atom. The van der Waals surface area contributed by atoms with E-state index >= 15 is 0 Å². The van der Waals surface area contributed by atoms with E-state index in [1.807, 2.05) is 13.8 Å². The molecule has 5 atom stereocenters. The number of phenols is 1. The third kappa shape index (κ3) is 11.8. The first-order chi connectivity index (χ1) is 20.7. The number of nitrogens with one attached hydrogen (secondary N) is 3. The van der Waals surface area contributed by atoms with Crippen LogP contribution in [-0.2, 0) is 30.4 Å². The fourth-order valence-electron chi connectivity index (χ4n) is 4.92. The summed E-state index contributed by atoms with van der Waals surface area (Å²) in [6.45, 7) is 5.95. The van der Waals surface area contributed by atoms with Gasteiger partial charge in [0.15, 0.2) is 5.96 Å². The number of benzene rings is 1. The number of nitrogens with zero attached hydrogens (tertiary/aromatic N) is 2. The second kappa shape index (κ2) is 17.6. The van der Waals surface area contributed by atoms with Crippen molar-refractivity contribution in [3.8, 4) is 5.75 Å². The number of carbonyl (C=O) groups excluding carboxylic acids is 5. The monoisotopic (exact) mass is 681 g/mol. The number of aromatic hydroxyl groups is 1. The zero-order chi connectivity index (χ0) is 33.0. The number of aliphatic imine (C=N–C) groups is 1. The molecule has 1 aliphatic rings. The molecule has 1 heterocycles. The molecule has 0 saturated carbocycles. The molecule has 10 N–H and O–H groups in total. The van der Waals surface area contributed by atoms with E-state index in [1.54, 1.807) is 12.1 Å². The van der Waals surface area contributed by atoms with Crippen molar-refractivity contribution in [1.29, 1.82) is 0 Å². The van der Waals surface area contributed by atoms with Gasteiger partial charge in [0.2, 0.25) is 5.91 Å². The molecule has 0 aromatic heterocycles. The van der Waals surface area contributed by atoms with Crippen molar-refractivity contribution < 1.29 is 29.1 Å². The van der Waals surface area contributed by atoms with Crippen LogP contribution in [0.1, 0.15) is 58.4 Å². The van der Waals surface area contributed by atoms with Gasteiger partial charge in [-0.3, -0.25) is 4.79 Å². The Labute approximate surface area is 266 Å². The second-order valence-corrected chi connectivity index (χ2v) is 12.3. The predicted molar refractivity (Wildman–Crippen MR) is 166 cm³/mol. The summed E-state index contributed by atoms with van der Waals surface area (Å²) in [6, 6.07) is 1.55. The standard InChI is InChI=1S/C29H45N8O6Se/c1-16(2)14-20(30)24(39)36-22(15-18-8-10-19(38)11-9-18)26(41)35-21(6-4-12-33-29(31)32)25(40)34-17(3)27(42)37-13-5-7-23(37)28(43)44/h8-11,16-17,20-23,38H,4-7,12-15,30H2,1-3H3,(H,34,40)(H,35,41)(H,36,39)(H4,31,32,33)/t17-,20-,21-,22-,23-/m0/s1. The van der Waals surface area contributed by atoms with Gasteiger partial charge in [-0.25, -0.2) is 0 Å². The minimum absolute atomic E-state index is 0.0422. The number of nitrogens with two attached hydrogens (primary N) is 3. The van der Waals surface area contributed by atoms with E-state index in [2.05, 4.69) is 37.0 Å². The van der Waals surface area contributed by atoms with Gasteiger partial charge >= 0.3 is 160 Å². The van der Waals surface area contributed by atoms with Crippen LogP contribution in [0.3, 0.4) is 0 Å². The van der Waals surface area contributed by atoms with Gasteiger partial charge in [-0.1, -0.05) is 26.0 Å². The van der Waals surface area contributed by atoms with Crippen LogP contribution < -0.4 is 33.2 Å². The molecule has 0 aliphatic carbocycles. The summed E-state index contributed by atoms with van der Waals surface area (Å²) < 4.78 is -0.242. The van der Waals surface area contributed by atoms with Crippen LogP contribution in [0.15, 0.2) is 29.3 Å². The van der Waals surface area contributed by atoms with Gasteiger partial charge in [0.25, 0.3) is 0 Å². The van der Waals surface area contributed by atoms with E-state index in [0.717, 1.165) is 0 Å². The van der Waals surface area contributed by atoms with Crippen molar-refractivity contribution >= 4 is 50.3 Å². The number of likely N-dealkylation sites (tertiary alicyclic amines) is 1. The van der Waals surface area contributed by atoms with Crippen LogP contribution in [-0.4, -0.2) is 104 Å². The Balaban J connectivity index is 2.24. The van der Waals surface area contributed by atoms with Crippen LogP contribution >= 0.6 is 0 Å². The molecule has 243 valence electrons. The van der Waals surface area contributed by atoms with E-state index in [1.165, 1.54) is 24.0 Å². The molecular weight excluding hydrogens is 635 g/mol. The SMILES string of the molecule is CC(C)C[C@H](N)C(=O)N[C@@H](Cc1ccc(O)cc1)C(=O)N[C@@H](CCCN=C(N)N)C(=O)N[C@@H](C)C(=O)N1CCC[C@H]1C(=O)[Se]. The molecular formula is C29H45N8O6Se. The Morgan fingerprint density at radius 3 is 2.20 bits per heavy atom. The third-order valence-corrected chi connectivity index (χ3v) is 7.76. The van der Waals surface area contributed by atoms with E-state index in [-0.39, 0.29) is 41.7 Å². The molecule has 2 rings (SSSR count). The van der Waals surface area contributed by atoms with Gasteiger partial charge in [-0.15, -0.1) is 0 Å². The first kappa shape index (κ1) is 36.5. The normalized spacial score (nSPS) is 17.2. The number of guanidine groups is 1. The summed E-state index contributed by atoms with van der Waals surface area (Å²) >= 11 is 2.44. The first-order valence-corrected chi connectivity index (χ1v) is 15.6. The Hall–Kier alpha value is -3.68. The van der Waals surface area contributed by atoms with E-state index < -0.39 is 53.8 Å². The van der Waals surface area contributed by atoms with Crippen LogP contribution in [0.5, 0.6) is 5.75 Å². The zero-order valence-corrected chi connectivity index (χ0v) is 27.2. The van der Waals surface area contributed by atoms with E-state index in [4.69, 9.17) is 17.2 Å². The molecule has 44 heavy (non-hydrogen) atoms. The number of hydrogen-bond acceptors (Lipinski definition) is 8. The predicted octanol–water partition coefficient (Wildman–Crippen LogP) is -1.48. The topological polar surface area (TPSA) is 235 Å². The summed E-state index contributed by atoms with van der Waals surface area (Å²) in [4.78, 5) is 70.4. The molecule has 1 aromatic carbocycles. The summed E-state index contributed by atoms with van der Waals surface area (Å²) in [5.74, 6) is -2.13. The minimum atomic E-state index is -1.11. The van der Waals surface area contributed by atoms with Gasteiger partial charge < -0.3 is 22.3 Å². The fourth-order valence-corrected chi connectivity index (χ4v) is 5.43. The molecule has 0 unspecified atom stereocenters. The summed E-state index contributed by atoms with van der Waals surface area (Å²) in [5.41, 5.74) is 17.5. The van der Waals surface area contributed by atoms with Gasteiger partial charge in [-0.2, -0.15) is 0 Å². The molecule has 15 heteroatoms. The number of phenolic OH excluding ortho intramolecular Hbond substituents is 1. The number of hydrogen-bond donors (Lipinski definition) is 7. The molecule has 0 bridgehead atoms. The van der Waals surface area contributed by atoms with Crippen molar-refractivity contribution in [2.75, 3.05) is 13.1 Å². The van der Waals surface area contributed by atoms with Crippen molar-refractivity contribution in [2.24, 2.45) is 28.1 Å². The fraction of sp³-hybridized carbons (Fsp3) is 0.586. The maximum absolute atomic E-state index is 13.6. The second-order valence-electron chi connectivity index (χ2n) is 11.4. The average Bonchev–Trinajstić information content (AvgIpc) is 3.44. The Bertz CT molecular complexity index is 1190. The van der Waals surface area contributed by atoms with Gasteiger partial charge in [0.05, 0.1) is 6.04 Å². The molecule has 4 amide bonds. The van der Waals surface area contributed by atoms with Gasteiger partial charge in [0.1, 0.15) is 5.75 Å². The Kier molecular flexibility index (Phi) is 14.6. The summed E-state index contributed by atoms with van der Waals surface area (Å²) in [6.07, 6.45) is 2.11. The number of rotatable bonds is 16. The zero-order valence-electron chi connectivity index (χ0n) is 25.5. The third-order valence-electron chi connectivity index (χ3n) is 7.19. The van der Waals surface area contributed by atoms with Crippen LogP contribution in [0.4, 0.5) is 0 Å². The molecule has 1 aliphatic heterocycles.